The van der Waals surface area contributed by atoms with Gasteiger partial charge in [-0.25, -0.2) is 4.79 Å². The zero-order valence-corrected chi connectivity index (χ0v) is 25.8. The Kier molecular flexibility index (Phi) is 9.34. The van der Waals surface area contributed by atoms with Crippen LogP contribution in [0.1, 0.15) is 22.7 Å². The average Bonchev–Trinajstić information content (AvgIpc) is 3.39. The first-order chi connectivity index (χ1) is 22.0. The van der Waals surface area contributed by atoms with Crippen molar-refractivity contribution in [3.63, 3.8) is 0 Å². The van der Waals surface area contributed by atoms with E-state index in [0.29, 0.717) is 44.4 Å². The van der Waals surface area contributed by atoms with Crippen LogP contribution in [0.5, 0.6) is 0 Å². The number of urea groups is 1. The average molecular weight is 629 g/mol. The van der Waals surface area contributed by atoms with Crippen molar-refractivity contribution in [1.29, 1.82) is 0 Å². The molecule has 3 fully saturated rings. The van der Waals surface area contributed by atoms with Crippen LogP contribution in [-0.2, 0) is 27.4 Å². The monoisotopic (exact) mass is 628 g/mol. The third-order valence-electron chi connectivity index (χ3n) is 8.47. The van der Waals surface area contributed by atoms with E-state index in [1.165, 1.54) is 5.01 Å². The van der Waals surface area contributed by atoms with Crippen LogP contribution in [0.4, 0.5) is 10.5 Å². The van der Waals surface area contributed by atoms with Crippen LogP contribution in [0, 0.1) is 0 Å². The van der Waals surface area contributed by atoms with Crippen LogP contribution in [0.15, 0.2) is 91.5 Å². The summed E-state index contributed by atoms with van der Waals surface area (Å²) in [6.07, 6.45) is 1.06. The Morgan fingerprint density at radius 3 is 2.42 bits per heavy atom. The van der Waals surface area contributed by atoms with Gasteiger partial charge < -0.3 is 24.8 Å². The zero-order chi connectivity index (χ0) is 31.3. The minimum absolute atomic E-state index is 0.0437. The van der Waals surface area contributed by atoms with Gasteiger partial charge in [-0.1, -0.05) is 90.5 Å². The predicted octanol–water partition coefficient (Wildman–Crippen LogP) is 4.04. The van der Waals surface area contributed by atoms with E-state index in [4.69, 9.17) is 16.3 Å². The lowest BCUT2D eigenvalue weighted by atomic mass is 9.99. The lowest BCUT2D eigenvalue weighted by Crippen LogP contribution is -2.62. The van der Waals surface area contributed by atoms with Crippen molar-refractivity contribution in [1.82, 2.24) is 25.1 Å². The van der Waals surface area contributed by atoms with Crippen molar-refractivity contribution in [2.24, 2.45) is 0 Å². The summed E-state index contributed by atoms with van der Waals surface area (Å²) < 4.78 is 5.57. The van der Waals surface area contributed by atoms with Gasteiger partial charge in [-0.2, -0.15) is 5.01 Å². The fraction of sp³-hybridized carbons (Fsp3) is 0.324. The molecule has 0 saturated carbocycles. The minimum Gasteiger partial charge on any atom is -0.378 e. The highest BCUT2D eigenvalue weighted by Crippen LogP contribution is 2.38. The van der Waals surface area contributed by atoms with Gasteiger partial charge in [0.2, 0.25) is 5.91 Å². The number of carbonyl (C=O) groups is 3. The highest BCUT2D eigenvalue weighted by molar-refractivity contribution is 6.33. The van der Waals surface area contributed by atoms with Gasteiger partial charge in [-0.05, 0) is 22.8 Å². The van der Waals surface area contributed by atoms with E-state index in [-0.39, 0.29) is 37.5 Å². The van der Waals surface area contributed by atoms with E-state index < -0.39 is 12.2 Å². The quantitative estimate of drug-likeness (QED) is 0.360. The van der Waals surface area contributed by atoms with Gasteiger partial charge in [0.05, 0.1) is 43.6 Å². The maximum atomic E-state index is 14.3. The highest BCUT2D eigenvalue weighted by atomic mass is 35.5. The number of hydrazine groups is 1. The number of amides is 4. The molecular weight excluding hydrogens is 592 g/mol. The summed E-state index contributed by atoms with van der Waals surface area (Å²) in [5.74, 6) is -0.395. The van der Waals surface area contributed by atoms with E-state index >= 15 is 0 Å². The highest BCUT2D eigenvalue weighted by Gasteiger charge is 2.52. The summed E-state index contributed by atoms with van der Waals surface area (Å²) in [5.41, 5.74) is 3.48. The number of fused-ring (bicyclic) bond motifs is 1. The van der Waals surface area contributed by atoms with E-state index in [9.17, 15) is 14.4 Å². The van der Waals surface area contributed by atoms with Gasteiger partial charge in [0.15, 0.2) is 0 Å². The minimum atomic E-state index is -0.841. The Labute approximate surface area is 268 Å². The molecule has 11 heteroatoms. The molecule has 3 saturated heterocycles. The summed E-state index contributed by atoms with van der Waals surface area (Å²) >= 11 is 6.75. The molecule has 0 spiro atoms. The van der Waals surface area contributed by atoms with Crippen LogP contribution < -0.4 is 10.2 Å². The van der Waals surface area contributed by atoms with Gasteiger partial charge in [0.25, 0.3) is 5.91 Å². The maximum Gasteiger partial charge on any atom is 0.332 e. The van der Waals surface area contributed by atoms with Crippen molar-refractivity contribution < 1.29 is 19.1 Å². The molecule has 234 valence electrons. The van der Waals surface area contributed by atoms with E-state index in [2.05, 4.69) is 16.8 Å². The van der Waals surface area contributed by atoms with Gasteiger partial charge >= 0.3 is 6.03 Å². The summed E-state index contributed by atoms with van der Waals surface area (Å²) in [7, 11) is 0. The molecule has 3 aliphatic heterocycles. The third-order valence-corrected chi connectivity index (χ3v) is 8.77. The standard InChI is InChI=1S/C34H37ClN6O4/c1-2-16-39(34(44)36-21-25-10-5-3-6-11-25)40-24-30(42)41-29(40)23-38(33(43)32(41)26-12-7-4-8-13-26)22-27-14-9-15-28(35)31(27)37-17-19-45-20-18-37/h2-15,29,32H,1,16-24H2,(H,36,44)/t29-,32+/m1/s1. The first-order valence-corrected chi connectivity index (χ1v) is 15.6. The molecule has 2 atom stereocenters. The fourth-order valence-electron chi connectivity index (χ4n) is 6.37. The number of ether oxygens (including phenoxy) is 1. The SMILES string of the molecule is C=CCN(C(=O)NCc1ccccc1)N1CC(=O)N2[C@@H](c3ccccc3)C(=O)N(Cc3cccc(Cl)c3N3CCOCC3)C[C@@H]21. The first-order valence-electron chi connectivity index (χ1n) is 15.2. The van der Waals surface area contributed by atoms with Gasteiger partial charge in [-0.3, -0.25) is 14.6 Å². The summed E-state index contributed by atoms with van der Waals surface area (Å²) in [6, 6.07) is 23.5. The molecule has 0 bridgehead atoms. The molecule has 3 aromatic carbocycles. The number of piperazine rings is 1. The second-order valence-corrected chi connectivity index (χ2v) is 11.7. The molecular formula is C34H37ClN6O4. The number of morpholine rings is 1. The normalized spacial score (nSPS) is 20.2. The van der Waals surface area contributed by atoms with Gasteiger partial charge in [0.1, 0.15) is 12.2 Å². The molecule has 6 rings (SSSR count). The molecule has 0 aromatic heterocycles. The molecule has 3 heterocycles. The Bertz CT molecular complexity index is 1530. The molecule has 4 amide bonds. The van der Waals surface area contributed by atoms with Crippen molar-refractivity contribution in [2.45, 2.75) is 25.3 Å². The van der Waals surface area contributed by atoms with E-state index in [1.54, 1.807) is 20.9 Å². The summed E-state index contributed by atoms with van der Waals surface area (Å²) in [4.78, 5) is 47.3. The molecule has 10 nitrogen and oxygen atoms in total. The van der Waals surface area contributed by atoms with Crippen LogP contribution in [-0.4, -0.2) is 89.8 Å². The topological polar surface area (TPSA) is 88.7 Å². The Balaban J connectivity index is 1.32. The van der Waals surface area contributed by atoms with Crippen LogP contribution in [0.2, 0.25) is 5.02 Å². The van der Waals surface area contributed by atoms with Crippen molar-refractivity contribution in [3.05, 3.63) is 113 Å². The Morgan fingerprint density at radius 2 is 1.71 bits per heavy atom. The number of benzene rings is 3. The largest absolute Gasteiger partial charge is 0.378 e. The van der Waals surface area contributed by atoms with Gasteiger partial charge in [0, 0.05) is 26.2 Å². The number of hydrogen-bond acceptors (Lipinski definition) is 6. The number of carbonyl (C=O) groups excluding carboxylic acids is 3. The predicted molar refractivity (Wildman–Crippen MR) is 172 cm³/mol. The Morgan fingerprint density at radius 1 is 1.00 bits per heavy atom. The zero-order valence-electron chi connectivity index (χ0n) is 25.1. The van der Waals surface area contributed by atoms with Crippen molar-refractivity contribution in [3.8, 4) is 0 Å². The number of para-hydroxylation sites is 1. The second kappa shape index (κ2) is 13.7. The molecule has 0 unspecified atom stereocenters. The van der Waals surface area contributed by atoms with Crippen LogP contribution >= 0.6 is 11.6 Å². The number of anilines is 1. The Hall–Kier alpha value is -4.38. The van der Waals surface area contributed by atoms with Gasteiger partial charge in [-0.15, -0.1) is 6.58 Å². The molecule has 3 aliphatic rings. The van der Waals surface area contributed by atoms with Crippen LogP contribution in [0.3, 0.4) is 0 Å². The van der Waals surface area contributed by atoms with E-state index in [1.807, 2.05) is 78.9 Å². The van der Waals surface area contributed by atoms with E-state index in [0.717, 1.165) is 22.4 Å². The molecule has 3 aromatic rings. The number of halogens is 1. The molecule has 45 heavy (non-hydrogen) atoms. The lowest BCUT2D eigenvalue weighted by Gasteiger charge is -2.46. The second-order valence-electron chi connectivity index (χ2n) is 11.3. The molecule has 0 aliphatic carbocycles. The summed E-state index contributed by atoms with van der Waals surface area (Å²) in [6.45, 7) is 7.45. The number of nitrogens with one attached hydrogen (secondary N) is 1. The summed E-state index contributed by atoms with van der Waals surface area (Å²) in [5, 5.41) is 6.88. The maximum absolute atomic E-state index is 14.3. The van der Waals surface area contributed by atoms with Crippen LogP contribution in [0.25, 0.3) is 0 Å². The number of hydrogen-bond donors (Lipinski definition) is 1. The number of rotatable bonds is 9. The lowest BCUT2D eigenvalue weighted by molar-refractivity contribution is -0.158. The third kappa shape index (κ3) is 6.40. The molecule has 1 N–H and O–H groups in total. The smallest absolute Gasteiger partial charge is 0.332 e. The molecule has 0 radical (unpaired) electrons. The first kappa shape index (κ1) is 30.6. The fourth-order valence-corrected chi connectivity index (χ4v) is 6.68. The number of nitrogens with zero attached hydrogens (tertiary/aromatic N) is 5. The van der Waals surface area contributed by atoms with Crippen molar-refractivity contribution in [2.75, 3.05) is 50.8 Å². The van der Waals surface area contributed by atoms with Crippen molar-refractivity contribution >= 4 is 35.1 Å².